The molecule has 0 atom stereocenters. The third kappa shape index (κ3) is 5.93. The third-order valence-corrected chi connectivity index (χ3v) is 5.87. The lowest BCUT2D eigenvalue weighted by Gasteiger charge is -2.22. The molecule has 4 rings (SSSR count). The Labute approximate surface area is 196 Å². The molecule has 0 radical (unpaired) electrons. The lowest BCUT2D eigenvalue weighted by atomic mass is 10.1. The van der Waals surface area contributed by atoms with E-state index in [0.29, 0.717) is 47.4 Å². The molecular formula is C25H24ClFN4O2. The number of benzene rings is 1. The third-order valence-electron chi connectivity index (χ3n) is 5.57. The summed E-state index contributed by atoms with van der Waals surface area (Å²) in [5.41, 5.74) is 3.45. The van der Waals surface area contributed by atoms with Crippen LogP contribution in [0.5, 0.6) is 0 Å². The van der Waals surface area contributed by atoms with Gasteiger partial charge in [0, 0.05) is 38.0 Å². The largest absolute Gasteiger partial charge is 0.352 e. The van der Waals surface area contributed by atoms with Crippen molar-refractivity contribution in [2.24, 2.45) is 5.92 Å². The minimum Gasteiger partial charge on any atom is -0.352 e. The number of hydrogen-bond acceptors (Lipinski definition) is 4. The Morgan fingerprint density at radius 2 is 1.94 bits per heavy atom. The molecule has 1 fully saturated rings. The zero-order chi connectivity index (χ0) is 23.4. The summed E-state index contributed by atoms with van der Waals surface area (Å²) < 4.78 is 12.9. The average Bonchev–Trinajstić information content (AvgIpc) is 3.63. The molecule has 3 aromatic rings. The Hall–Kier alpha value is -3.32. The van der Waals surface area contributed by atoms with Crippen LogP contribution in [0.25, 0.3) is 11.3 Å². The summed E-state index contributed by atoms with van der Waals surface area (Å²) in [5, 5.41) is 3.31. The Balaban J connectivity index is 1.38. The van der Waals surface area contributed by atoms with Gasteiger partial charge < -0.3 is 10.2 Å². The average molecular weight is 467 g/mol. The van der Waals surface area contributed by atoms with Crippen LogP contribution in [0.15, 0.2) is 54.9 Å². The second-order valence-corrected chi connectivity index (χ2v) is 8.57. The van der Waals surface area contributed by atoms with Gasteiger partial charge in [0.25, 0.3) is 5.91 Å². The van der Waals surface area contributed by atoms with E-state index in [1.54, 1.807) is 36.1 Å². The number of halogens is 2. The fourth-order valence-corrected chi connectivity index (χ4v) is 3.80. The fraction of sp³-hybridized carbons (Fsp3) is 0.280. The van der Waals surface area contributed by atoms with Gasteiger partial charge in [-0.15, -0.1) is 0 Å². The number of rotatable bonds is 8. The molecule has 0 spiro atoms. The molecule has 1 saturated carbocycles. The van der Waals surface area contributed by atoms with Gasteiger partial charge in [-0.25, -0.2) is 4.98 Å². The predicted octanol–water partition coefficient (Wildman–Crippen LogP) is 4.67. The minimum atomic E-state index is -0.528. The van der Waals surface area contributed by atoms with Crippen molar-refractivity contribution in [1.82, 2.24) is 15.3 Å². The lowest BCUT2D eigenvalue weighted by molar-refractivity contribution is -0.116. The van der Waals surface area contributed by atoms with Crippen molar-refractivity contribution >= 4 is 29.1 Å². The molecule has 0 aliphatic heterocycles. The molecule has 1 N–H and O–H groups in total. The van der Waals surface area contributed by atoms with Crippen molar-refractivity contribution < 1.29 is 14.0 Å². The highest BCUT2D eigenvalue weighted by Gasteiger charge is 2.27. The summed E-state index contributed by atoms with van der Waals surface area (Å²) in [6.07, 6.45) is 5.81. The maximum atomic E-state index is 12.9. The summed E-state index contributed by atoms with van der Waals surface area (Å²) in [4.78, 5) is 34.2. The summed E-state index contributed by atoms with van der Waals surface area (Å²) >= 11 is 6.51. The normalized spacial score (nSPS) is 12.9. The van der Waals surface area contributed by atoms with Gasteiger partial charge in [-0.2, -0.15) is 4.39 Å². The van der Waals surface area contributed by atoms with Crippen molar-refractivity contribution in [3.8, 4) is 11.3 Å². The van der Waals surface area contributed by atoms with Crippen LogP contribution >= 0.6 is 11.6 Å². The number of aromatic nitrogens is 2. The molecule has 0 unspecified atom stereocenters. The first-order valence-corrected chi connectivity index (χ1v) is 11.2. The molecule has 2 amide bonds. The van der Waals surface area contributed by atoms with Crippen LogP contribution in [0.2, 0.25) is 5.02 Å². The molecule has 2 aromatic heterocycles. The molecule has 170 valence electrons. The van der Waals surface area contributed by atoms with E-state index < -0.39 is 5.95 Å². The molecule has 8 heteroatoms. The zero-order valence-electron chi connectivity index (χ0n) is 18.2. The number of anilines is 1. The van der Waals surface area contributed by atoms with Crippen LogP contribution in [0.3, 0.4) is 0 Å². The second kappa shape index (κ2) is 10.1. The molecular weight excluding hydrogens is 443 g/mol. The summed E-state index contributed by atoms with van der Waals surface area (Å²) in [5.74, 6) is -0.243. The van der Waals surface area contributed by atoms with E-state index in [1.165, 1.54) is 18.5 Å². The van der Waals surface area contributed by atoms with Gasteiger partial charge in [0.2, 0.25) is 11.9 Å². The van der Waals surface area contributed by atoms with Gasteiger partial charge in [-0.05, 0) is 61.1 Å². The summed E-state index contributed by atoms with van der Waals surface area (Å²) in [6.45, 7) is 2.64. The van der Waals surface area contributed by atoms with Gasteiger partial charge >= 0.3 is 0 Å². The molecule has 0 saturated heterocycles. The van der Waals surface area contributed by atoms with Crippen LogP contribution in [0, 0.1) is 11.9 Å². The predicted molar refractivity (Wildman–Crippen MR) is 126 cm³/mol. The highest BCUT2D eigenvalue weighted by atomic mass is 35.5. The van der Waals surface area contributed by atoms with Gasteiger partial charge in [-0.3, -0.25) is 14.6 Å². The highest BCUT2D eigenvalue weighted by molar-refractivity contribution is 6.34. The maximum absolute atomic E-state index is 12.9. The number of carbonyl (C=O) groups is 2. The molecule has 6 nitrogen and oxygen atoms in total. The van der Waals surface area contributed by atoms with E-state index >= 15 is 0 Å². The first-order chi connectivity index (χ1) is 15.9. The topological polar surface area (TPSA) is 75.2 Å². The van der Waals surface area contributed by atoms with Gasteiger partial charge in [0.05, 0.1) is 22.0 Å². The van der Waals surface area contributed by atoms with Crippen LogP contribution in [0.1, 0.15) is 35.7 Å². The smallest absolute Gasteiger partial charge is 0.252 e. The first kappa shape index (κ1) is 22.9. The molecule has 1 aromatic carbocycles. The van der Waals surface area contributed by atoms with Gasteiger partial charge in [-0.1, -0.05) is 23.7 Å². The number of pyridine rings is 2. The molecule has 1 aliphatic rings. The number of hydrogen-bond donors (Lipinski definition) is 1. The number of nitrogens with one attached hydrogen (secondary N) is 1. The van der Waals surface area contributed by atoms with E-state index in [0.717, 1.165) is 24.0 Å². The monoisotopic (exact) mass is 466 g/mol. The van der Waals surface area contributed by atoms with E-state index in [-0.39, 0.29) is 11.8 Å². The Kier molecular flexibility index (Phi) is 6.99. The number of amides is 2. The Morgan fingerprint density at radius 3 is 2.55 bits per heavy atom. The van der Waals surface area contributed by atoms with Crippen LogP contribution in [-0.4, -0.2) is 34.9 Å². The fourth-order valence-electron chi connectivity index (χ4n) is 3.52. The summed E-state index contributed by atoms with van der Waals surface area (Å²) in [6, 6.07) is 11.9. The van der Waals surface area contributed by atoms with E-state index in [4.69, 9.17) is 11.6 Å². The molecule has 0 bridgehead atoms. The molecule has 2 heterocycles. The standard InChI is InChI=1S/C25H24ClFN4O2/c1-16(32)31(15-18-2-3-18)23-8-6-19(12-21(23)26)22-7-5-20(14-29-22)25(33)28-11-10-17-4-9-24(27)30-13-17/h4-9,12-14,18H,2-3,10-11,15H2,1H3,(H,28,33). The maximum Gasteiger partial charge on any atom is 0.252 e. The van der Waals surface area contributed by atoms with Crippen LogP contribution < -0.4 is 10.2 Å². The number of nitrogens with zero attached hydrogens (tertiary/aromatic N) is 3. The summed E-state index contributed by atoms with van der Waals surface area (Å²) in [7, 11) is 0. The number of carbonyl (C=O) groups excluding carboxylic acids is 2. The van der Waals surface area contributed by atoms with E-state index in [9.17, 15) is 14.0 Å². The Morgan fingerprint density at radius 1 is 1.12 bits per heavy atom. The Bertz CT molecular complexity index is 1150. The minimum absolute atomic E-state index is 0.0271. The van der Waals surface area contributed by atoms with Crippen molar-refractivity contribution in [2.75, 3.05) is 18.0 Å². The van der Waals surface area contributed by atoms with E-state index in [1.807, 2.05) is 12.1 Å². The SMILES string of the molecule is CC(=O)N(CC1CC1)c1ccc(-c2ccc(C(=O)NCCc3ccc(F)nc3)cn2)cc1Cl. The molecule has 1 aliphatic carbocycles. The van der Waals surface area contributed by atoms with E-state index in [2.05, 4.69) is 15.3 Å². The van der Waals surface area contributed by atoms with Crippen LogP contribution in [-0.2, 0) is 11.2 Å². The van der Waals surface area contributed by atoms with Crippen molar-refractivity contribution in [1.29, 1.82) is 0 Å². The first-order valence-electron chi connectivity index (χ1n) is 10.8. The van der Waals surface area contributed by atoms with Gasteiger partial charge in [0.15, 0.2) is 0 Å². The van der Waals surface area contributed by atoms with Crippen molar-refractivity contribution in [3.63, 3.8) is 0 Å². The van der Waals surface area contributed by atoms with Crippen molar-refractivity contribution in [2.45, 2.75) is 26.2 Å². The highest BCUT2D eigenvalue weighted by Crippen LogP contribution is 2.35. The quantitative estimate of drug-likeness (QED) is 0.489. The van der Waals surface area contributed by atoms with Crippen molar-refractivity contribution in [3.05, 3.63) is 77.0 Å². The molecule has 33 heavy (non-hydrogen) atoms. The second-order valence-electron chi connectivity index (χ2n) is 8.17. The zero-order valence-corrected chi connectivity index (χ0v) is 19.0. The lowest BCUT2D eigenvalue weighted by Crippen LogP contribution is -2.30. The van der Waals surface area contributed by atoms with Gasteiger partial charge in [0.1, 0.15) is 0 Å². The van der Waals surface area contributed by atoms with Crippen LogP contribution in [0.4, 0.5) is 10.1 Å².